The van der Waals surface area contributed by atoms with E-state index in [2.05, 4.69) is 4.72 Å². The average Bonchev–Trinajstić information content (AvgIpc) is 2.46. The molecule has 26 heavy (non-hydrogen) atoms. The van der Waals surface area contributed by atoms with Crippen LogP contribution in [0.25, 0.3) is 0 Å². The molecule has 0 aromatic heterocycles. The van der Waals surface area contributed by atoms with Gasteiger partial charge in [0.05, 0.1) is 11.1 Å². The summed E-state index contributed by atoms with van der Waals surface area (Å²) >= 11 is 5.91. The van der Waals surface area contributed by atoms with Gasteiger partial charge in [-0.15, -0.1) is 12.4 Å². The van der Waals surface area contributed by atoms with Gasteiger partial charge in [0.15, 0.2) is 0 Å². The Balaban J connectivity index is 0.00000243. The third-order valence-corrected chi connectivity index (χ3v) is 5.93. The molecule has 0 saturated carbocycles. The molecule has 5 nitrogen and oxygen atoms in total. The first-order valence-corrected chi connectivity index (χ1v) is 9.49. The number of anilines is 1. The van der Waals surface area contributed by atoms with E-state index in [1.165, 1.54) is 0 Å². The summed E-state index contributed by atoms with van der Waals surface area (Å²) in [6.45, 7) is 3.75. The van der Waals surface area contributed by atoms with E-state index in [0.717, 1.165) is 18.2 Å². The van der Waals surface area contributed by atoms with Gasteiger partial charge in [-0.05, 0) is 50.2 Å². The lowest BCUT2D eigenvalue weighted by atomic mass is 9.90. The number of ether oxygens (including phenoxy) is 1. The maximum Gasteiger partial charge on any atom is 0.242 e. The highest BCUT2D eigenvalue weighted by Crippen LogP contribution is 2.41. The first-order chi connectivity index (χ1) is 11.6. The lowest BCUT2D eigenvalue weighted by Gasteiger charge is -2.37. The second-order valence-corrected chi connectivity index (χ2v) is 8.70. The molecule has 2 aromatic rings. The molecule has 1 unspecified atom stereocenters. The van der Waals surface area contributed by atoms with Crippen LogP contribution in [-0.4, -0.2) is 14.0 Å². The van der Waals surface area contributed by atoms with Crippen molar-refractivity contribution in [2.24, 2.45) is 0 Å². The third-order valence-electron chi connectivity index (χ3n) is 3.97. The Kier molecular flexibility index (Phi) is 5.77. The molecule has 2 aromatic carbocycles. The predicted octanol–water partition coefficient (Wildman–Crippen LogP) is 4.06. The largest absolute Gasteiger partial charge is 0.487 e. The SMILES string of the molecule is CC1(C)CC(NS(=O)(=O)c2ccc(F)cc2Cl)c2cc(N)ccc2O1.Cl. The molecule has 1 atom stereocenters. The summed E-state index contributed by atoms with van der Waals surface area (Å²) in [5.74, 6) is -0.0300. The number of nitrogens with two attached hydrogens (primary N) is 1. The van der Waals surface area contributed by atoms with Gasteiger partial charge >= 0.3 is 0 Å². The van der Waals surface area contributed by atoms with Crippen molar-refractivity contribution < 1.29 is 17.5 Å². The van der Waals surface area contributed by atoms with Crippen LogP contribution < -0.4 is 15.2 Å². The molecule has 0 bridgehead atoms. The minimum atomic E-state index is -3.96. The van der Waals surface area contributed by atoms with Crippen LogP contribution in [0.2, 0.25) is 5.02 Å². The van der Waals surface area contributed by atoms with E-state index in [1.807, 2.05) is 13.8 Å². The summed E-state index contributed by atoms with van der Waals surface area (Å²) in [5, 5.41) is -0.174. The lowest BCUT2D eigenvalue weighted by molar-refractivity contribution is 0.0702. The fourth-order valence-corrected chi connectivity index (χ4v) is 4.67. The van der Waals surface area contributed by atoms with Crippen LogP contribution in [0.1, 0.15) is 31.9 Å². The molecule has 1 aliphatic heterocycles. The molecule has 0 radical (unpaired) electrons. The number of nitrogens with one attached hydrogen (secondary N) is 1. The van der Waals surface area contributed by atoms with Crippen LogP contribution in [0.4, 0.5) is 10.1 Å². The molecule has 0 spiro atoms. The van der Waals surface area contributed by atoms with Crippen LogP contribution >= 0.6 is 24.0 Å². The molecule has 9 heteroatoms. The number of hydrogen-bond donors (Lipinski definition) is 2. The minimum Gasteiger partial charge on any atom is -0.487 e. The Morgan fingerprint density at radius 1 is 1.27 bits per heavy atom. The van der Waals surface area contributed by atoms with Crippen molar-refractivity contribution in [2.75, 3.05) is 5.73 Å². The van der Waals surface area contributed by atoms with E-state index < -0.39 is 27.5 Å². The highest BCUT2D eigenvalue weighted by atomic mass is 35.5. The van der Waals surface area contributed by atoms with Gasteiger partial charge in [-0.2, -0.15) is 0 Å². The Morgan fingerprint density at radius 2 is 1.96 bits per heavy atom. The number of rotatable bonds is 3. The van der Waals surface area contributed by atoms with Crippen LogP contribution in [0.5, 0.6) is 5.75 Å². The van der Waals surface area contributed by atoms with Gasteiger partial charge < -0.3 is 10.5 Å². The van der Waals surface area contributed by atoms with E-state index in [1.54, 1.807) is 18.2 Å². The first-order valence-electron chi connectivity index (χ1n) is 7.63. The lowest BCUT2D eigenvalue weighted by Crippen LogP contribution is -2.41. The van der Waals surface area contributed by atoms with Crippen LogP contribution in [0.3, 0.4) is 0 Å². The second kappa shape index (κ2) is 7.23. The molecule has 0 amide bonds. The van der Waals surface area contributed by atoms with Crippen LogP contribution in [-0.2, 0) is 10.0 Å². The quantitative estimate of drug-likeness (QED) is 0.733. The van der Waals surface area contributed by atoms with Crippen molar-refractivity contribution in [1.82, 2.24) is 4.72 Å². The summed E-state index contributed by atoms with van der Waals surface area (Å²) in [5.41, 5.74) is 6.42. The third kappa shape index (κ3) is 4.23. The zero-order valence-electron chi connectivity index (χ0n) is 14.1. The van der Waals surface area contributed by atoms with Gasteiger partial charge in [-0.1, -0.05) is 11.6 Å². The smallest absolute Gasteiger partial charge is 0.242 e. The summed E-state index contributed by atoms with van der Waals surface area (Å²) in [7, 11) is -3.96. The Morgan fingerprint density at radius 3 is 2.62 bits per heavy atom. The van der Waals surface area contributed by atoms with E-state index in [9.17, 15) is 12.8 Å². The van der Waals surface area contributed by atoms with E-state index in [0.29, 0.717) is 23.4 Å². The second-order valence-electron chi connectivity index (χ2n) is 6.61. The number of sulfonamides is 1. The summed E-state index contributed by atoms with van der Waals surface area (Å²) in [4.78, 5) is -0.176. The van der Waals surface area contributed by atoms with Gasteiger partial charge in [0.1, 0.15) is 22.1 Å². The Hall–Kier alpha value is -1.54. The Bertz CT molecular complexity index is 936. The van der Waals surface area contributed by atoms with E-state index in [-0.39, 0.29) is 22.3 Å². The highest BCUT2D eigenvalue weighted by Gasteiger charge is 2.36. The van der Waals surface area contributed by atoms with Gasteiger partial charge in [-0.3, -0.25) is 0 Å². The van der Waals surface area contributed by atoms with Crippen molar-refractivity contribution in [3.05, 3.63) is 52.8 Å². The molecule has 0 saturated heterocycles. The van der Waals surface area contributed by atoms with Gasteiger partial charge in [0, 0.05) is 17.7 Å². The van der Waals surface area contributed by atoms with Crippen molar-refractivity contribution in [1.29, 1.82) is 0 Å². The number of halogens is 3. The first kappa shape index (κ1) is 20.8. The number of benzene rings is 2. The van der Waals surface area contributed by atoms with Crippen molar-refractivity contribution in [3.63, 3.8) is 0 Å². The van der Waals surface area contributed by atoms with Crippen molar-refractivity contribution >= 4 is 39.7 Å². The van der Waals surface area contributed by atoms with E-state index >= 15 is 0 Å². The number of hydrogen-bond acceptors (Lipinski definition) is 4. The fraction of sp³-hybridized carbons (Fsp3) is 0.294. The molecule has 0 fully saturated rings. The monoisotopic (exact) mass is 420 g/mol. The average molecular weight is 421 g/mol. The van der Waals surface area contributed by atoms with Gasteiger partial charge in [0.2, 0.25) is 10.0 Å². The molecule has 142 valence electrons. The molecule has 3 rings (SSSR count). The summed E-state index contributed by atoms with van der Waals surface area (Å²) in [6, 6.07) is 7.72. The van der Waals surface area contributed by atoms with Gasteiger partial charge in [-0.25, -0.2) is 17.5 Å². The van der Waals surface area contributed by atoms with E-state index in [4.69, 9.17) is 22.1 Å². The maximum absolute atomic E-state index is 13.2. The molecule has 1 aliphatic rings. The summed E-state index contributed by atoms with van der Waals surface area (Å²) < 4.78 is 47.2. The number of fused-ring (bicyclic) bond motifs is 1. The maximum atomic E-state index is 13.2. The normalized spacial score (nSPS) is 18.4. The fourth-order valence-electron chi connectivity index (χ4n) is 2.92. The zero-order valence-corrected chi connectivity index (χ0v) is 16.5. The van der Waals surface area contributed by atoms with Gasteiger partial charge in [0.25, 0.3) is 0 Å². The molecule has 3 N–H and O–H groups in total. The van der Waals surface area contributed by atoms with Crippen LogP contribution in [0, 0.1) is 5.82 Å². The standard InChI is InChI=1S/C17H18ClFN2O3S.ClH/c1-17(2)9-14(12-8-11(20)4-5-15(12)24-17)21-25(22,23)16-6-3-10(19)7-13(16)18;/h3-8,14,21H,9,20H2,1-2H3;1H. The molecular formula is C17H19Cl2FN2O3S. The topological polar surface area (TPSA) is 81.4 Å². The summed E-state index contributed by atoms with van der Waals surface area (Å²) in [6.07, 6.45) is 0.404. The van der Waals surface area contributed by atoms with Crippen molar-refractivity contribution in [3.8, 4) is 5.75 Å². The molecular weight excluding hydrogens is 402 g/mol. The Labute approximate surface area is 163 Å². The molecule has 0 aliphatic carbocycles. The zero-order chi connectivity index (χ0) is 18.4. The highest BCUT2D eigenvalue weighted by molar-refractivity contribution is 7.89. The van der Waals surface area contributed by atoms with Crippen molar-refractivity contribution in [2.45, 2.75) is 36.8 Å². The minimum absolute atomic E-state index is 0. The number of nitrogen functional groups attached to an aromatic ring is 1. The molecule has 1 heterocycles. The van der Waals surface area contributed by atoms with Crippen LogP contribution in [0.15, 0.2) is 41.3 Å². The predicted molar refractivity (Wildman–Crippen MR) is 102 cm³/mol.